The van der Waals surface area contributed by atoms with Gasteiger partial charge in [0.1, 0.15) is 5.67 Å². The molecule has 1 aliphatic carbocycles. The van der Waals surface area contributed by atoms with E-state index in [1.54, 1.807) is 12.2 Å². The summed E-state index contributed by atoms with van der Waals surface area (Å²) in [6.07, 6.45) is 6.57. The summed E-state index contributed by atoms with van der Waals surface area (Å²) in [5, 5.41) is 2.81. The molecule has 1 aliphatic rings. The molecule has 0 spiro atoms. The molecule has 2 aromatic carbocycles. The van der Waals surface area contributed by atoms with Crippen molar-refractivity contribution >= 4 is 43.5 Å². The second-order valence-electron chi connectivity index (χ2n) is 6.38. The van der Waals surface area contributed by atoms with Crippen LogP contribution in [0.15, 0.2) is 75.7 Å². The molecule has 0 bridgehead atoms. The number of anilines is 1. The standard InChI is InChI=1S/C21H18Br2FNO/c1-14-6-2-3-7-19(14)25-20(26)8-4-5-11-21(24)13-16(21)15-9-10-17(22)18(23)12-15/h2-12,16H,13H2,1H3,(H,25,26)/t16-,21-/m0/s1. The van der Waals surface area contributed by atoms with Crippen molar-refractivity contribution in [2.75, 3.05) is 5.32 Å². The highest BCUT2D eigenvalue weighted by Crippen LogP contribution is 2.56. The Labute approximate surface area is 169 Å². The number of halogens is 3. The average molecular weight is 479 g/mol. The molecule has 134 valence electrons. The first-order valence-electron chi connectivity index (χ1n) is 8.25. The van der Waals surface area contributed by atoms with Crippen molar-refractivity contribution < 1.29 is 9.18 Å². The summed E-state index contributed by atoms with van der Waals surface area (Å²) in [5.74, 6) is -0.376. The Bertz CT molecular complexity index is 893. The summed E-state index contributed by atoms with van der Waals surface area (Å²) in [6, 6.07) is 13.3. The molecule has 0 aliphatic heterocycles. The fourth-order valence-corrected chi connectivity index (χ4v) is 3.45. The molecular formula is C21H18Br2FNO. The number of nitrogens with one attached hydrogen (secondary N) is 1. The van der Waals surface area contributed by atoms with E-state index in [-0.39, 0.29) is 11.8 Å². The van der Waals surface area contributed by atoms with E-state index in [9.17, 15) is 9.18 Å². The molecule has 0 aromatic heterocycles. The minimum absolute atomic E-state index is 0.141. The van der Waals surface area contributed by atoms with Gasteiger partial charge in [0, 0.05) is 26.6 Å². The third kappa shape index (κ3) is 4.51. The Balaban J connectivity index is 1.57. The van der Waals surface area contributed by atoms with Gasteiger partial charge in [-0.25, -0.2) is 4.39 Å². The summed E-state index contributed by atoms with van der Waals surface area (Å²) in [6.45, 7) is 1.93. The first kappa shape index (κ1) is 19.1. The van der Waals surface area contributed by atoms with Crippen LogP contribution in [0.25, 0.3) is 0 Å². The Morgan fingerprint density at radius 1 is 1.19 bits per heavy atom. The third-order valence-electron chi connectivity index (χ3n) is 4.42. The van der Waals surface area contributed by atoms with Gasteiger partial charge in [-0.3, -0.25) is 4.79 Å². The molecule has 2 nitrogen and oxygen atoms in total. The van der Waals surface area contributed by atoms with Gasteiger partial charge in [0.15, 0.2) is 0 Å². The largest absolute Gasteiger partial charge is 0.322 e. The van der Waals surface area contributed by atoms with Crippen LogP contribution in [0, 0.1) is 6.92 Å². The number of allylic oxidation sites excluding steroid dienone is 3. The van der Waals surface area contributed by atoms with Crippen molar-refractivity contribution in [2.45, 2.75) is 24.9 Å². The van der Waals surface area contributed by atoms with Crippen molar-refractivity contribution in [2.24, 2.45) is 0 Å². The number of amides is 1. The second kappa shape index (κ2) is 7.89. The number of carbonyl (C=O) groups excluding carboxylic acids is 1. The monoisotopic (exact) mass is 477 g/mol. The minimum Gasteiger partial charge on any atom is -0.322 e. The topological polar surface area (TPSA) is 29.1 Å². The smallest absolute Gasteiger partial charge is 0.248 e. The van der Waals surface area contributed by atoms with Crippen molar-refractivity contribution in [1.82, 2.24) is 0 Å². The average Bonchev–Trinajstić information content (AvgIpc) is 3.28. The van der Waals surface area contributed by atoms with E-state index in [0.29, 0.717) is 6.42 Å². The van der Waals surface area contributed by atoms with Gasteiger partial charge in [-0.05, 0) is 80.6 Å². The van der Waals surface area contributed by atoms with E-state index >= 15 is 0 Å². The van der Waals surface area contributed by atoms with Crippen molar-refractivity contribution in [3.63, 3.8) is 0 Å². The highest BCUT2D eigenvalue weighted by Gasteiger charge is 2.54. The van der Waals surface area contributed by atoms with Crippen LogP contribution < -0.4 is 5.32 Å². The molecule has 0 unspecified atom stereocenters. The number of rotatable bonds is 5. The fraction of sp³-hybridized carbons (Fsp3) is 0.190. The highest BCUT2D eigenvalue weighted by molar-refractivity contribution is 9.13. The van der Waals surface area contributed by atoms with Crippen LogP contribution in [0.1, 0.15) is 23.5 Å². The van der Waals surface area contributed by atoms with Gasteiger partial charge in [0.2, 0.25) is 5.91 Å². The molecule has 26 heavy (non-hydrogen) atoms. The van der Waals surface area contributed by atoms with Crippen LogP contribution in [-0.4, -0.2) is 11.6 Å². The zero-order chi connectivity index (χ0) is 18.7. The van der Waals surface area contributed by atoms with E-state index in [4.69, 9.17) is 0 Å². The van der Waals surface area contributed by atoms with Crippen LogP contribution in [0.3, 0.4) is 0 Å². The molecule has 0 radical (unpaired) electrons. The molecule has 5 heteroatoms. The first-order valence-corrected chi connectivity index (χ1v) is 9.84. The lowest BCUT2D eigenvalue weighted by molar-refractivity contribution is -0.111. The maximum absolute atomic E-state index is 14.8. The van der Waals surface area contributed by atoms with Gasteiger partial charge in [-0.1, -0.05) is 36.4 Å². The number of hydrogen-bond acceptors (Lipinski definition) is 1. The molecule has 1 saturated carbocycles. The number of aryl methyl sites for hydroxylation is 1. The Morgan fingerprint density at radius 2 is 1.96 bits per heavy atom. The van der Waals surface area contributed by atoms with Gasteiger partial charge < -0.3 is 5.32 Å². The molecule has 0 saturated heterocycles. The zero-order valence-corrected chi connectivity index (χ0v) is 17.3. The maximum atomic E-state index is 14.8. The zero-order valence-electron chi connectivity index (χ0n) is 14.2. The molecule has 2 aromatic rings. The number of alkyl halides is 1. The molecule has 0 heterocycles. The van der Waals surface area contributed by atoms with Gasteiger partial charge >= 0.3 is 0 Å². The summed E-state index contributed by atoms with van der Waals surface area (Å²) >= 11 is 6.87. The normalized spacial score (nSPS) is 22.1. The van der Waals surface area contributed by atoms with Crippen LogP contribution in [0.4, 0.5) is 10.1 Å². The van der Waals surface area contributed by atoms with Gasteiger partial charge in [-0.2, -0.15) is 0 Å². The summed E-state index contributed by atoms with van der Waals surface area (Å²) < 4.78 is 16.6. The van der Waals surface area contributed by atoms with Gasteiger partial charge in [-0.15, -0.1) is 0 Å². The van der Waals surface area contributed by atoms with Crippen molar-refractivity contribution in [3.8, 4) is 0 Å². The SMILES string of the molecule is Cc1ccccc1NC(=O)C=CC=C[C@]1(F)C[C@H]1c1ccc(Br)c(Br)c1. The summed E-state index contributed by atoms with van der Waals surface area (Å²) in [7, 11) is 0. The Hall–Kier alpha value is -1.72. The summed E-state index contributed by atoms with van der Waals surface area (Å²) in [5.41, 5.74) is 1.39. The predicted molar refractivity (Wildman–Crippen MR) is 111 cm³/mol. The molecule has 2 atom stereocenters. The highest BCUT2D eigenvalue weighted by atomic mass is 79.9. The quantitative estimate of drug-likeness (QED) is 0.387. The lowest BCUT2D eigenvalue weighted by Gasteiger charge is -2.05. The van der Waals surface area contributed by atoms with E-state index < -0.39 is 5.67 Å². The second-order valence-corrected chi connectivity index (χ2v) is 8.09. The number of para-hydroxylation sites is 1. The molecule has 3 rings (SSSR count). The fourth-order valence-electron chi connectivity index (χ4n) is 2.81. The first-order chi connectivity index (χ1) is 12.4. The van der Waals surface area contributed by atoms with Crippen molar-refractivity contribution in [3.05, 3.63) is 86.8 Å². The lowest BCUT2D eigenvalue weighted by atomic mass is 10.1. The van der Waals surface area contributed by atoms with Crippen LogP contribution >= 0.6 is 31.9 Å². The molecule has 1 fully saturated rings. The van der Waals surface area contributed by atoms with Gasteiger partial charge in [0.05, 0.1) is 0 Å². The lowest BCUT2D eigenvalue weighted by Crippen LogP contribution is -2.08. The number of hydrogen-bond donors (Lipinski definition) is 1. The molecule has 1 amide bonds. The maximum Gasteiger partial charge on any atom is 0.248 e. The van der Waals surface area contributed by atoms with E-state index in [2.05, 4.69) is 37.2 Å². The Morgan fingerprint density at radius 3 is 2.69 bits per heavy atom. The van der Waals surface area contributed by atoms with E-state index in [1.807, 2.05) is 49.4 Å². The molecular weight excluding hydrogens is 461 g/mol. The molecule has 1 N–H and O–H groups in total. The van der Waals surface area contributed by atoms with Crippen molar-refractivity contribution in [1.29, 1.82) is 0 Å². The van der Waals surface area contributed by atoms with E-state index in [0.717, 1.165) is 25.8 Å². The number of benzene rings is 2. The van der Waals surface area contributed by atoms with Gasteiger partial charge in [0.25, 0.3) is 0 Å². The predicted octanol–water partition coefficient (Wildman–Crippen LogP) is 6.47. The van der Waals surface area contributed by atoms with Crippen LogP contribution in [0.2, 0.25) is 0 Å². The Kier molecular flexibility index (Phi) is 5.78. The minimum atomic E-state index is -1.34. The number of carbonyl (C=O) groups is 1. The summed E-state index contributed by atoms with van der Waals surface area (Å²) in [4.78, 5) is 11.9. The van der Waals surface area contributed by atoms with Crippen LogP contribution in [-0.2, 0) is 4.79 Å². The van der Waals surface area contributed by atoms with E-state index in [1.165, 1.54) is 12.2 Å². The third-order valence-corrected chi connectivity index (χ3v) is 6.30. The van der Waals surface area contributed by atoms with Crippen LogP contribution in [0.5, 0.6) is 0 Å².